The van der Waals surface area contributed by atoms with Crippen molar-refractivity contribution in [2.75, 3.05) is 13.1 Å². The first kappa shape index (κ1) is 11.5. The van der Waals surface area contributed by atoms with E-state index in [4.69, 9.17) is 4.74 Å². The van der Waals surface area contributed by atoms with E-state index in [2.05, 4.69) is 5.32 Å². The Morgan fingerprint density at radius 2 is 2.06 bits per heavy atom. The van der Waals surface area contributed by atoms with Crippen LogP contribution in [0, 0.1) is 0 Å². The van der Waals surface area contributed by atoms with Crippen molar-refractivity contribution in [3.63, 3.8) is 0 Å². The number of fused-ring (bicyclic) bond motifs is 1. The molecule has 0 radical (unpaired) electrons. The number of ether oxygens (including phenoxy) is 1. The summed E-state index contributed by atoms with van der Waals surface area (Å²) in [5, 5.41) is 12.7. The zero-order valence-electron chi connectivity index (χ0n) is 10.2. The molecule has 0 aliphatic carbocycles. The summed E-state index contributed by atoms with van der Waals surface area (Å²) in [6.45, 7) is 1.79. The number of aliphatic carboxylic acids is 1. The molecule has 2 heterocycles. The molecule has 4 nitrogen and oxygen atoms in total. The van der Waals surface area contributed by atoms with Crippen molar-refractivity contribution < 1.29 is 14.6 Å². The van der Waals surface area contributed by atoms with Gasteiger partial charge in [0.25, 0.3) is 0 Å². The molecule has 0 bridgehead atoms. The SMILES string of the molecule is O=C(O)C1CC2(CCNCC2)Oc2ccccc21. The molecule has 1 aromatic carbocycles. The molecule has 1 saturated heterocycles. The number of carboxylic acid groups (broad SMARTS) is 1. The summed E-state index contributed by atoms with van der Waals surface area (Å²) in [4.78, 5) is 11.5. The number of hydrogen-bond acceptors (Lipinski definition) is 3. The molecule has 2 aliphatic rings. The second-order valence-corrected chi connectivity index (χ2v) is 5.17. The number of carbonyl (C=O) groups is 1. The van der Waals surface area contributed by atoms with E-state index in [0.717, 1.165) is 37.2 Å². The fraction of sp³-hybridized carbons (Fsp3) is 0.500. The summed E-state index contributed by atoms with van der Waals surface area (Å²) < 4.78 is 6.14. The van der Waals surface area contributed by atoms with Crippen LogP contribution in [0.1, 0.15) is 30.7 Å². The normalized spacial score (nSPS) is 25.2. The highest BCUT2D eigenvalue weighted by Gasteiger charge is 2.44. The highest BCUT2D eigenvalue weighted by Crippen LogP contribution is 2.44. The Balaban J connectivity index is 1.99. The van der Waals surface area contributed by atoms with E-state index < -0.39 is 11.9 Å². The molecular weight excluding hydrogens is 230 g/mol. The van der Waals surface area contributed by atoms with Crippen LogP contribution in [0.3, 0.4) is 0 Å². The third kappa shape index (κ3) is 1.86. The van der Waals surface area contributed by atoms with Crippen LogP contribution in [0.4, 0.5) is 0 Å². The molecule has 1 fully saturated rings. The second kappa shape index (κ2) is 4.28. The van der Waals surface area contributed by atoms with E-state index in [9.17, 15) is 9.90 Å². The lowest BCUT2D eigenvalue weighted by Crippen LogP contribution is -2.49. The minimum Gasteiger partial charge on any atom is -0.487 e. The van der Waals surface area contributed by atoms with Gasteiger partial charge in [0.15, 0.2) is 0 Å². The van der Waals surface area contributed by atoms with Gasteiger partial charge in [-0.1, -0.05) is 18.2 Å². The van der Waals surface area contributed by atoms with Gasteiger partial charge in [0.1, 0.15) is 11.4 Å². The van der Waals surface area contributed by atoms with Gasteiger partial charge in [-0.15, -0.1) is 0 Å². The quantitative estimate of drug-likeness (QED) is 0.794. The lowest BCUT2D eigenvalue weighted by Gasteiger charge is -2.43. The summed E-state index contributed by atoms with van der Waals surface area (Å²) >= 11 is 0. The zero-order chi connectivity index (χ0) is 12.6. The van der Waals surface area contributed by atoms with Crippen molar-refractivity contribution in [1.29, 1.82) is 0 Å². The van der Waals surface area contributed by atoms with Crippen LogP contribution in [0.5, 0.6) is 5.75 Å². The molecule has 3 rings (SSSR count). The lowest BCUT2D eigenvalue weighted by molar-refractivity contribution is -0.141. The predicted molar refractivity (Wildman–Crippen MR) is 66.9 cm³/mol. The molecule has 2 aliphatic heterocycles. The molecular formula is C14H17NO3. The van der Waals surface area contributed by atoms with Gasteiger partial charge in [-0.25, -0.2) is 0 Å². The molecule has 0 aromatic heterocycles. The molecule has 96 valence electrons. The van der Waals surface area contributed by atoms with Crippen molar-refractivity contribution in [2.45, 2.75) is 30.8 Å². The van der Waals surface area contributed by atoms with E-state index >= 15 is 0 Å². The Hall–Kier alpha value is -1.55. The predicted octanol–water partition coefficient (Wildman–Crippen LogP) is 1.76. The Labute approximate surface area is 106 Å². The van der Waals surface area contributed by atoms with Crippen LogP contribution in [0.15, 0.2) is 24.3 Å². The average molecular weight is 247 g/mol. The maximum absolute atomic E-state index is 11.5. The fourth-order valence-electron chi connectivity index (χ4n) is 3.03. The summed E-state index contributed by atoms with van der Waals surface area (Å²) in [5.41, 5.74) is 0.525. The maximum Gasteiger partial charge on any atom is 0.311 e. The van der Waals surface area contributed by atoms with E-state index in [-0.39, 0.29) is 5.60 Å². The minimum absolute atomic E-state index is 0.289. The summed E-state index contributed by atoms with van der Waals surface area (Å²) in [6, 6.07) is 7.52. The van der Waals surface area contributed by atoms with Crippen LogP contribution in [-0.2, 0) is 4.79 Å². The smallest absolute Gasteiger partial charge is 0.311 e. The van der Waals surface area contributed by atoms with Crippen molar-refractivity contribution in [3.05, 3.63) is 29.8 Å². The maximum atomic E-state index is 11.5. The molecule has 4 heteroatoms. The number of para-hydroxylation sites is 1. The van der Waals surface area contributed by atoms with Crippen LogP contribution in [0.2, 0.25) is 0 Å². The first-order chi connectivity index (χ1) is 8.70. The molecule has 18 heavy (non-hydrogen) atoms. The van der Waals surface area contributed by atoms with Gasteiger partial charge in [0, 0.05) is 12.0 Å². The average Bonchev–Trinajstić information content (AvgIpc) is 2.38. The van der Waals surface area contributed by atoms with Crippen molar-refractivity contribution in [2.24, 2.45) is 0 Å². The molecule has 1 spiro atoms. The van der Waals surface area contributed by atoms with Crippen LogP contribution < -0.4 is 10.1 Å². The standard InChI is InChI=1S/C14H17NO3/c16-13(17)11-9-14(5-7-15-8-6-14)18-12-4-2-1-3-10(11)12/h1-4,11,15H,5-9H2,(H,16,17). The van der Waals surface area contributed by atoms with Crippen molar-refractivity contribution in [1.82, 2.24) is 5.32 Å². The van der Waals surface area contributed by atoms with Crippen LogP contribution in [-0.4, -0.2) is 29.8 Å². The molecule has 1 unspecified atom stereocenters. The second-order valence-electron chi connectivity index (χ2n) is 5.17. The van der Waals surface area contributed by atoms with E-state index in [1.807, 2.05) is 24.3 Å². The van der Waals surface area contributed by atoms with Crippen molar-refractivity contribution >= 4 is 5.97 Å². The largest absolute Gasteiger partial charge is 0.487 e. The van der Waals surface area contributed by atoms with Crippen LogP contribution in [0.25, 0.3) is 0 Å². The van der Waals surface area contributed by atoms with E-state index in [0.29, 0.717) is 6.42 Å². The number of nitrogens with one attached hydrogen (secondary N) is 1. The highest BCUT2D eigenvalue weighted by molar-refractivity contribution is 5.78. The van der Waals surface area contributed by atoms with Gasteiger partial charge in [0.05, 0.1) is 5.92 Å². The van der Waals surface area contributed by atoms with E-state index in [1.165, 1.54) is 0 Å². The molecule has 0 saturated carbocycles. The fourth-order valence-corrected chi connectivity index (χ4v) is 3.03. The first-order valence-corrected chi connectivity index (χ1v) is 6.42. The topological polar surface area (TPSA) is 58.6 Å². The van der Waals surface area contributed by atoms with Gasteiger partial charge in [-0.3, -0.25) is 4.79 Å². The minimum atomic E-state index is -0.747. The Morgan fingerprint density at radius 1 is 1.33 bits per heavy atom. The van der Waals surface area contributed by atoms with Gasteiger partial charge < -0.3 is 15.2 Å². The monoisotopic (exact) mass is 247 g/mol. The van der Waals surface area contributed by atoms with Gasteiger partial charge in [-0.05, 0) is 32.0 Å². The summed E-state index contributed by atoms with van der Waals surface area (Å²) in [6.07, 6.45) is 2.34. The van der Waals surface area contributed by atoms with E-state index in [1.54, 1.807) is 0 Å². The van der Waals surface area contributed by atoms with Gasteiger partial charge in [0.2, 0.25) is 0 Å². The molecule has 1 atom stereocenters. The number of benzene rings is 1. The number of hydrogen-bond donors (Lipinski definition) is 2. The molecule has 0 amide bonds. The Kier molecular flexibility index (Phi) is 2.74. The Morgan fingerprint density at radius 3 is 2.78 bits per heavy atom. The molecule has 2 N–H and O–H groups in total. The van der Waals surface area contributed by atoms with Gasteiger partial charge >= 0.3 is 5.97 Å². The number of rotatable bonds is 1. The molecule has 1 aromatic rings. The Bertz CT molecular complexity index is 466. The van der Waals surface area contributed by atoms with Crippen molar-refractivity contribution in [3.8, 4) is 5.75 Å². The summed E-state index contributed by atoms with van der Waals surface area (Å²) in [7, 11) is 0. The third-order valence-electron chi connectivity index (χ3n) is 4.01. The summed E-state index contributed by atoms with van der Waals surface area (Å²) in [5.74, 6) is -0.435. The third-order valence-corrected chi connectivity index (χ3v) is 4.01. The zero-order valence-corrected chi connectivity index (χ0v) is 10.2. The van der Waals surface area contributed by atoms with Crippen LogP contribution >= 0.6 is 0 Å². The lowest BCUT2D eigenvalue weighted by atomic mass is 9.78. The van der Waals surface area contributed by atoms with Gasteiger partial charge in [-0.2, -0.15) is 0 Å². The highest BCUT2D eigenvalue weighted by atomic mass is 16.5. The first-order valence-electron chi connectivity index (χ1n) is 6.42. The number of piperidine rings is 1. The number of carboxylic acids is 1.